The Morgan fingerprint density at radius 2 is 1.89 bits per heavy atom. The van der Waals surface area contributed by atoms with Crippen molar-refractivity contribution in [3.63, 3.8) is 0 Å². The molecule has 1 aliphatic rings. The molecule has 0 radical (unpaired) electrons. The van der Waals surface area contributed by atoms with Gasteiger partial charge in [-0.1, -0.05) is 59.3 Å². The van der Waals surface area contributed by atoms with Crippen LogP contribution < -0.4 is 29.1 Å². The molecule has 1 atom stereocenters. The lowest BCUT2D eigenvalue weighted by Gasteiger charge is -2.25. The van der Waals surface area contributed by atoms with E-state index in [1.807, 2.05) is 68.4 Å². The van der Waals surface area contributed by atoms with Crippen LogP contribution in [0.25, 0.3) is 6.08 Å². The molecule has 0 saturated heterocycles. The van der Waals surface area contributed by atoms with Crippen molar-refractivity contribution in [3.05, 3.63) is 119 Å². The fourth-order valence-electron chi connectivity index (χ4n) is 4.93. The summed E-state index contributed by atoms with van der Waals surface area (Å²) in [5, 5.41) is 0.636. The molecule has 0 bridgehead atoms. The van der Waals surface area contributed by atoms with Crippen LogP contribution in [-0.4, -0.2) is 30.4 Å². The maximum atomic E-state index is 14.0. The highest BCUT2D eigenvalue weighted by Gasteiger charge is 2.34. The van der Waals surface area contributed by atoms with Gasteiger partial charge in [-0.25, -0.2) is 9.79 Å². The molecule has 44 heavy (non-hydrogen) atoms. The Balaban J connectivity index is 1.57. The number of aromatic nitrogens is 1. The largest absolute Gasteiger partial charge is 0.493 e. The van der Waals surface area contributed by atoms with E-state index in [-0.39, 0.29) is 18.3 Å². The van der Waals surface area contributed by atoms with Gasteiger partial charge in [0.25, 0.3) is 5.56 Å². The van der Waals surface area contributed by atoms with E-state index >= 15 is 0 Å². The smallest absolute Gasteiger partial charge is 0.338 e. The van der Waals surface area contributed by atoms with Crippen LogP contribution in [0.3, 0.4) is 0 Å². The number of carbonyl (C=O) groups is 1. The number of hydrogen-bond acceptors (Lipinski definition) is 8. The van der Waals surface area contributed by atoms with Crippen LogP contribution in [0.15, 0.2) is 87.8 Å². The van der Waals surface area contributed by atoms with Gasteiger partial charge in [-0.3, -0.25) is 9.36 Å². The van der Waals surface area contributed by atoms with Gasteiger partial charge in [0.2, 0.25) is 0 Å². The molecule has 4 aromatic rings. The van der Waals surface area contributed by atoms with Crippen LogP contribution >= 0.6 is 22.9 Å². The average Bonchev–Trinajstić information content (AvgIpc) is 3.30. The third kappa shape index (κ3) is 6.59. The first-order valence-electron chi connectivity index (χ1n) is 14.2. The van der Waals surface area contributed by atoms with Crippen LogP contribution in [0.5, 0.6) is 17.2 Å². The minimum atomic E-state index is -0.778. The standard InChI is InChI=1S/C34H33ClN2O6S/c1-6-41-33(39)30-21(4)36-34-37(31(30)23-14-15-27(43-20(2)3)28(18-23)40-5)32(38)29(44-34)17-22-10-9-12-25(16-22)42-19-24-11-7-8-13-26(24)35/h7-18,20,31H,6,19H2,1-5H3/b29-17+/t31-/m0/s1. The molecule has 0 N–H and O–H groups in total. The molecule has 3 aromatic carbocycles. The predicted molar refractivity (Wildman–Crippen MR) is 171 cm³/mol. The normalized spacial score (nSPS) is 14.7. The van der Waals surface area contributed by atoms with Gasteiger partial charge in [0.05, 0.1) is 41.7 Å². The number of allylic oxidation sites excluding steroid dienone is 1. The summed E-state index contributed by atoms with van der Waals surface area (Å²) in [4.78, 5) is 32.4. The molecule has 0 spiro atoms. The fourth-order valence-corrected chi connectivity index (χ4v) is 6.17. The van der Waals surface area contributed by atoms with Crippen molar-refractivity contribution in [2.24, 2.45) is 4.99 Å². The van der Waals surface area contributed by atoms with Crippen molar-refractivity contribution in [2.45, 2.75) is 46.4 Å². The molecule has 0 saturated carbocycles. The van der Waals surface area contributed by atoms with Gasteiger partial charge in [0.1, 0.15) is 12.4 Å². The first-order valence-corrected chi connectivity index (χ1v) is 15.4. The van der Waals surface area contributed by atoms with E-state index in [4.69, 9.17) is 30.5 Å². The van der Waals surface area contributed by atoms with Gasteiger partial charge < -0.3 is 18.9 Å². The molecule has 0 fully saturated rings. The lowest BCUT2D eigenvalue weighted by Crippen LogP contribution is -2.40. The van der Waals surface area contributed by atoms with Crippen LogP contribution in [0.2, 0.25) is 5.02 Å². The quantitative estimate of drug-likeness (QED) is 0.205. The molecule has 8 nitrogen and oxygen atoms in total. The molecule has 0 aliphatic carbocycles. The van der Waals surface area contributed by atoms with Crippen molar-refractivity contribution in [1.82, 2.24) is 4.57 Å². The van der Waals surface area contributed by atoms with Gasteiger partial charge >= 0.3 is 5.97 Å². The Morgan fingerprint density at radius 3 is 2.61 bits per heavy atom. The number of rotatable bonds is 10. The van der Waals surface area contributed by atoms with Crippen molar-refractivity contribution in [1.29, 1.82) is 0 Å². The SMILES string of the molecule is CCOC(=O)C1=C(C)N=c2s/c(=C/c3cccc(OCc4ccccc4Cl)c3)c(=O)n2[C@H]1c1ccc(OC(C)C)c(OC)c1. The van der Waals surface area contributed by atoms with E-state index in [2.05, 4.69) is 4.99 Å². The maximum absolute atomic E-state index is 14.0. The van der Waals surface area contributed by atoms with Gasteiger partial charge in [-0.2, -0.15) is 0 Å². The molecule has 5 rings (SSSR count). The fraction of sp³-hybridized carbons (Fsp3) is 0.265. The maximum Gasteiger partial charge on any atom is 0.338 e. The van der Waals surface area contributed by atoms with Crippen LogP contribution in [0, 0.1) is 0 Å². The first kappa shape index (κ1) is 31.1. The summed E-state index contributed by atoms with van der Waals surface area (Å²) in [6, 6.07) is 19.6. The van der Waals surface area contributed by atoms with Gasteiger partial charge in [-0.05, 0) is 75.2 Å². The molecular formula is C34H33ClN2O6S. The minimum absolute atomic E-state index is 0.0651. The zero-order valence-electron chi connectivity index (χ0n) is 25.1. The number of benzene rings is 3. The van der Waals surface area contributed by atoms with E-state index < -0.39 is 12.0 Å². The monoisotopic (exact) mass is 632 g/mol. The molecule has 10 heteroatoms. The second kappa shape index (κ2) is 13.5. The highest BCUT2D eigenvalue weighted by atomic mass is 35.5. The minimum Gasteiger partial charge on any atom is -0.493 e. The van der Waals surface area contributed by atoms with Gasteiger partial charge in [0, 0.05) is 10.6 Å². The topological polar surface area (TPSA) is 88.4 Å². The number of hydrogen-bond donors (Lipinski definition) is 0. The van der Waals surface area contributed by atoms with Crippen molar-refractivity contribution in [2.75, 3.05) is 13.7 Å². The number of halogens is 1. The van der Waals surface area contributed by atoms with E-state index in [1.54, 1.807) is 43.7 Å². The summed E-state index contributed by atoms with van der Waals surface area (Å²) >= 11 is 7.53. The third-order valence-corrected chi connectivity index (χ3v) is 8.24. The number of methoxy groups -OCH3 is 1. The Hall–Kier alpha value is -4.34. The lowest BCUT2D eigenvalue weighted by atomic mass is 9.95. The molecule has 0 unspecified atom stereocenters. The number of carbonyl (C=O) groups excluding carboxylic acids is 1. The molecule has 0 amide bonds. The number of thiazole rings is 1. The first-order chi connectivity index (χ1) is 21.2. The lowest BCUT2D eigenvalue weighted by molar-refractivity contribution is -0.139. The number of esters is 1. The molecular weight excluding hydrogens is 600 g/mol. The zero-order valence-corrected chi connectivity index (χ0v) is 26.7. The van der Waals surface area contributed by atoms with Crippen molar-refractivity contribution < 1.29 is 23.7 Å². The summed E-state index contributed by atoms with van der Waals surface area (Å²) in [6.45, 7) is 7.85. The van der Waals surface area contributed by atoms with E-state index in [9.17, 15) is 9.59 Å². The van der Waals surface area contributed by atoms with Crippen molar-refractivity contribution >= 4 is 35.0 Å². The predicted octanol–water partition coefficient (Wildman–Crippen LogP) is 5.83. The number of nitrogens with zero attached hydrogens (tertiary/aromatic N) is 2. The summed E-state index contributed by atoms with van der Waals surface area (Å²) in [6.07, 6.45) is 1.73. The Morgan fingerprint density at radius 1 is 1.09 bits per heavy atom. The highest BCUT2D eigenvalue weighted by Crippen LogP contribution is 2.36. The summed E-state index contributed by atoms with van der Waals surface area (Å²) in [5.74, 6) is 1.16. The van der Waals surface area contributed by atoms with Gasteiger partial charge in [-0.15, -0.1) is 0 Å². The van der Waals surface area contributed by atoms with E-state index in [0.29, 0.717) is 55.0 Å². The van der Waals surface area contributed by atoms with Crippen molar-refractivity contribution in [3.8, 4) is 17.2 Å². The average molecular weight is 633 g/mol. The third-order valence-electron chi connectivity index (χ3n) is 6.89. The Labute approximate surface area is 264 Å². The number of ether oxygens (including phenoxy) is 4. The molecule has 2 heterocycles. The summed E-state index contributed by atoms with van der Waals surface area (Å²) in [7, 11) is 1.55. The zero-order chi connectivity index (χ0) is 31.4. The highest BCUT2D eigenvalue weighted by molar-refractivity contribution is 7.07. The van der Waals surface area contributed by atoms with Crippen LogP contribution in [0.1, 0.15) is 50.4 Å². The second-order valence-corrected chi connectivity index (χ2v) is 11.7. The van der Waals surface area contributed by atoms with Crippen LogP contribution in [0.4, 0.5) is 0 Å². The van der Waals surface area contributed by atoms with Crippen LogP contribution in [-0.2, 0) is 16.1 Å². The summed E-state index contributed by atoms with van der Waals surface area (Å²) < 4.78 is 24.9. The second-order valence-electron chi connectivity index (χ2n) is 10.3. The molecule has 1 aliphatic heterocycles. The summed E-state index contributed by atoms with van der Waals surface area (Å²) in [5.41, 5.74) is 2.82. The Bertz CT molecular complexity index is 1910. The number of fused-ring (bicyclic) bond motifs is 1. The van der Waals surface area contributed by atoms with Gasteiger partial charge in [0.15, 0.2) is 16.3 Å². The van der Waals surface area contributed by atoms with E-state index in [0.717, 1.165) is 11.1 Å². The molecule has 1 aromatic heterocycles. The van der Waals surface area contributed by atoms with E-state index in [1.165, 1.54) is 11.3 Å². The Kier molecular flexibility index (Phi) is 9.56. The molecule has 228 valence electrons.